The Balaban J connectivity index is 1.88. The summed E-state index contributed by atoms with van der Waals surface area (Å²) in [7, 11) is 0. The summed E-state index contributed by atoms with van der Waals surface area (Å²) >= 11 is 0. The van der Waals surface area contributed by atoms with Gasteiger partial charge in [0.05, 0.1) is 6.33 Å². The first-order valence-electron chi connectivity index (χ1n) is 5.70. The molecule has 0 unspecified atom stereocenters. The van der Waals surface area contributed by atoms with Crippen LogP contribution in [0.2, 0.25) is 0 Å². The second-order valence-electron chi connectivity index (χ2n) is 3.78. The Bertz CT molecular complexity index is 661. The summed E-state index contributed by atoms with van der Waals surface area (Å²) < 4.78 is 7.01. The minimum Gasteiger partial charge on any atom is -0.335 e. The number of nitrogens with two attached hydrogens (primary N) is 1. The molecule has 0 amide bonds. The molecule has 0 spiro atoms. The van der Waals surface area contributed by atoms with E-state index < -0.39 is 0 Å². The topological polar surface area (TPSA) is 109 Å². The van der Waals surface area contributed by atoms with Crippen LogP contribution in [0.5, 0.6) is 0 Å². The lowest BCUT2D eigenvalue weighted by Crippen LogP contribution is -2.07. The van der Waals surface area contributed by atoms with Crippen molar-refractivity contribution in [3.05, 3.63) is 31.0 Å². The fourth-order valence-electron chi connectivity index (χ4n) is 1.57. The average molecular weight is 257 g/mol. The summed E-state index contributed by atoms with van der Waals surface area (Å²) in [5.74, 6) is 1.08. The van der Waals surface area contributed by atoms with E-state index in [-0.39, 0.29) is 0 Å². The van der Waals surface area contributed by atoms with Crippen molar-refractivity contribution in [2.75, 3.05) is 6.54 Å². The third-order valence-electron chi connectivity index (χ3n) is 2.43. The van der Waals surface area contributed by atoms with Crippen molar-refractivity contribution in [2.45, 2.75) is 6.54 Å². The third kappa shape index (κ3) is 2.33. The van der Waals surface area contributed by atoms with Crippen molar-refractivity contribution in [3.8, 4) is 23.2 Å². The first-order valence-corrected chi connectivity index (χ1v) is 5.70. The molecule has 3 aromatic rings. The number of hydrogen-bond donors (Lipinski definition) is 1. The lowest BCUT2D eigenvalue weighted by molar-refractivity contribution is 0.430. The molecule has 0 aliphatic carbocycles. The minimum atomic E-state index is 0.332. The molecule has 0 aromatic carbocycles. The van der Waals surface area contributed by atoms with E-state index in [1.807, 2.05) is 4.57 Å². The van der Waals surface area contributed by atoms with Gasteiger partial charge in [-0.05, 0) is 6.07 Å². The lowest BCUT2D eigenvalue weighted by Gasteiger charge is -1.94. The summed E-state index contributed by atoms with van der Waals surface area (Å²) in [5.41, 5.74) is 6.07. The Morgan fingerprint density at radius 3 is 2.79 bits per heavy atom. The van der Waals surface area contributed by atoms with Gasteiger partial charge in [0.1, 0.15) is 5.69 Å². The van der Waals surface area contributed by atoms with E-state index in [0.717, 1.165) is 0 Å². The van der Waals surface area contributed by atoms with Crippen LogP contribution in [-0.4, -0.2) is 36.2 Å². The normalized spacial score (nSPS) is 10.8. The van der Waals surface area contributed by atoms with Crippen LogP contribution in [0.25, 0.3) is 23.2 Å². The first-order chi connectivity index (χ1) is 9.36. The van der Waals surface area contributed by atoms with Crippen LogP contribution in [0.3, 0.4) is 0 Å². The van der Waals surface area contributed by atoms with Crippen LogP contribution >= 0.6 is 0 Å². The maximum absolute atomic E-state index is 5.47. The summed E-state index contributed by atoms with van der Waals surface area (Å²) in [6.07, 6.45) is 6.71. The van der Waals surface area contributed by atoms with Crippen molar-refractivity contribution in [2.24, 2.45) is 5.73 Å². The van der Waals surface area contributed by atoms with E-state index in [1.54, 1.807) is 31.0 Å². The zero-order valence-corrected chi connectivity index (χ0v) is 9.97. The molecule has 0 fully saturated rings. The molecular weight excluding hydrogens is 246 g/mol. The SMILES string of the molecule is NCCn1cnc(-c2nc(-c3ncccn3)no2)c1. The molecule has 3 heterocycles. The monoisotopic (exact) mass is 257 g/mol. The summed E-state index contributed by atoms with van der Waals surface area (Å²) in [5, 5.41) is 3.83. The molecule has 3 rings (SSSR count). The number of rotatable bonds is 4. The average Bonchev–Trinajstić information content (AvgIpc) is 3.08. The molecule has 2 N–H and O–H groups in total. The molecule has 0 saturated carbocycles. The van der Waals surface area contributed by atoms with Gasteiger partial charge in [-0.15, -0.1) is 0 Å². The third-order valence-corrected chi connectivity index (χ3v) is 2.43. The van der Waals surface area contributed by atoms with E-state index in [9.17, 15) is 0 Å². The summed E-state index contributed by atoms with van der Waals surface area (Å²) in [6, 6.07) is 1.72. The molecule has 8 nitrogen and oxygen atoms in total. The summed E-state index contributed by atoms with van der Waals surface area (Å²) in [4.78, 5) is 16.5. The van der Waals surface area contributed by atoms with E-state index in [2.05, 4.69) is 25.1 Å². The zero-order chi connectivity index (χ0) is 13.1. The van der Waals surface area contributed by atoms with E-state index in [1.165, 1.54) is 0 Å². The highest BCUT2D eigenvalue weighted by molar-refractivity contribution is 5.50. The predicted octanol–water partition coefficient (Wildman–Crippen LogP) is 0.349. The minimum absolute atomic E-state index is 0.332. The number of imidazole rings is 1. The molecule has 0 saturated heterocycles. The van der Waals surface area contributed by atoms with Crippen LogP contribution < -0.4 is 5.73 Å². The Kier molecular flexibility index (Phi) is 2.99. The van der Waals surface area contributed by atoms with Crippen LogP contribution in [0.1, 0.15) is 0 Å². The van der Waals surface area contributed by atoms with Crippen LogP contribution in [0.4, 0.5) is 0 Å². The Labute approximate surface area is 108 Å². The number of nitrogens with zero attached hydrogens (tertiary/aromatic N) is 6. The van der Waals surface area contributed by atoms with Gasteiger partial charge in [0.15, 0.2) is 0 Å². The molecule has 8 heteroatoms. The number of aromatic nitrogens is 6. The van der Waals surface area contributed by atoms with Crippen molar-refractivity contribution in [3.63, 3.8) is 0 Å². The molecule has 96 valence electrons. The van der Waals surface area contributed by atoms with Gasteiger partial charge in [0.2, 0.25) is 11.6 Å². The van der Waals surface area contributed by atoms with Gasteiger partial charge >= 0.3 is 0 Å². The first kappa shape index (κ1) is 11.5. The van der Waals surface area contributed by atoms with Gasteiger partial charge in [-0.25, -0.2) is 15.0 Å². The molecule has 19 heavy (non-hydrogen) atoms. The van der Waals surface area contributed by atoms with Crippen molar-refractivity contribution < 1.29 is 4.52 Å². The molecule has 0 radical (unpaired) electrons. The van der Waals surface area contributed by atoms with Crippen molar-refractivity contribution >= 4 is 0 Å². The highest BCUT2D eigenvalue weighted by atomic mass is 16.5. The van der Waals surface area contributed by atoms with Gasteiger partial charge in [-0.2, -0.15) is 4.98 Å². The van der Waals surface area contributed by atoms with Gasteiger partial charge in [0.25, 0.3) is 5.89 Å². The molecule has 0 aliphatic rings. The van der Waals surface area contributed by atoms with Gasteiger partial charge in [-0.3, -0.25) is 0 Å². The molecule has 0 bridgehead atoms. The maximum Gasteiger partial charge on any atom is 0.278 e. The van der Waals surface area contributed by atoms with Gasteiger partial charge in [-0.1, -0.05) is 5.16 Å². The molecule has 0 atom stereocenters. The van der Waals surface area contributed by atoms with Crippen molar-refractivity contribution in [1.82, 2.24) is 29.7 Å². The second kappa shape index (κ2) is 4.94. The fourth-order valence-corrected chi connectivity index (χ4v) is 1.57. The van der Waals surface area contributed by atoms with Crippen molar-refractivity contribution in [1.29, 1.82) is 0 Å². The summed E-state index contributed by atoms with van der Waals surface area (Å²) in [6.45, 7) is 1.23. The lowest BCUT2D eigenvalue weighted by atomic mass is 10.4. The Morgan fingerprint density at radius 1 is 1.16 bits per heavy atom. The van der Waals surface area contributed by atoms with Crippen LogP contribution in [0, 0.1) is 0 Å². The smallest absolute Gasteiger partial charge is 0.278 e. The predicted molar refractivity (Wildman–Crippen MR) is 65.6 cm³/mol. The Morgan fingerprint density at radius 2 is 2.00 bits per heavy atom. The highest BCUT2D eigenvalue weighted by Crippen LogP contribution is 2.17. The van der Waals surface area contributed by atoms with E-state index in [0.29, 0.717) is 36.3 Å². The van der Waals surface area contributed by atoms with E-state index >= 15 is 0 Å². The zero-order valence-electron chi connectivity index (χ0n) is 9.97. The number of hydrogen-bond acceptors (Lipinski definition) is 7. The fraction of sp³-hybridized carbons (Fsp3) is 0.182. The molecule has 0 aliphatic heterocycles. The second-order valence-corrected chi connectivity index (χ2v) is 3.78. The van der Waals surface area contributed by atoms with Crippen LogP contribution in [-0.2, 0) is 6.54 Å². The van der Waals surface area contributed by atoms with Crippen LogP contribution in [0.15, 0.2) is 35.5 Å². The van der Waals surface area contributed by atoms with Gasteiger partial charge in [0, 0.05) is 31.7 Å². The standard InChI is InChI=1S/C11H11N7O/c12-2-5-18-6-8(15-7-18)11-16-10(17-19-11)9-13-3-1-4-14-9/h1,3-4,6-7H,2,5,12H2. The maximum atomic E-state index is 5.47. The quantitative estimate of drug-likeness (QED) is 0.718. The molecule has 3 aromatic heterocycles. The molecular formula is C11H11N7O. The highest BCUT2D eigenvalue weighted by Gasteiger charge is 2.14. The largest absolute Gasteiger partial charge is 0.335 e. The van der Waals surface area contributed by atoms with Gasteiger partial charge < -0.3 is 14.8 Å². The van der Waals surface area contributed by atoms with E-state index in [4.69, 9.17) is 10.3 Å². The Hall–Kier alpha value is -2.61.